The van der Waals surface area contributed by atoms with E-state index in [4.69, 9.17) is 4.74 Å². The van der Waals surface area contributed by atoms with Crippen LogP contribution in [0.4, 0.5) is 0 Å². The predicted octanol–water partition coefficient (Wildman–Crippen LogP) is 7.31. The molecular formula is C38H57NO5. The summed E-state index contributed by atoms with van der Waals surface area (Å²) in [6, 6.07) is 0. The Morgan fingerprint density at radius 1 is 0.886 bits per heavy atom. The van der Waals surface area contributed by atoms with Crippen molar-refractivity contribution in [3.63, 3.8) is 0 Å². The number of hydrogen-bond acceptors (Lipinski definition) is 5. The Kier molecular flexibility index (Phi) is 6.80. The molecule has 1 N–H and O–H groups in total. The van der Waals surface area contributed by atoms with Gasteiger partial charge in [0, 0.05) is 12.5 Å². The quantitative estimate of drug-likeness (QED) is 0.339. The maximum atomic E-state index is 14.6. The van der Waals surface area contributed by atoms with Crippen molar-refractivity contribution in [2.45, 2.75) is 125 Å². The lowest BCUT2D eigenvalue weighted by Crippen LogP contribution is -2.66. The first-order valence-corrected chi connectivity index (χ1v) is 17.9. The van der Waals surface area contributed by atoms with Gasteiger partial charge in [-0.3, -0.25) is 19.3 Å². The minimum atomic E-state index is -0.737. The zero-order valence-electron chi connectivity index (χ0n) is 28.5. The Hall–Kier alpha value is -1.69. The number of carbonyl (C=O) groups is 3. The van der Waals surface area contributed by atoms with Crippen molar-refractivity contribution in [2.75, 3.05) is 19.6 Å². The van der Waals surface area contributed by atoms with Crippen LogP contribution in [-0.4, -0.2) is 53.5 Å². The number of carboxylic acids is 1. The Balaban J connectivity index is 1.19. The summed E-state index contributed by atoms with van der Waals surface area (Å²) in [5.41, 5.74) is -0.166. The van der Waals surface area contributed by atoms with Gasteiger partial charge in [0.2, 0.25) is 0 Å². The van der Waals surface area contributed by atoms with Gasteiger partial charge in [-0.2, -0.15) is 0 Å². The molecule has 7 fully saturated rings. The number of hydrogen-bond donors (Lipinski definition) is 1. The van der Waals surface area contributed by atoms with Crippen LogP contribution < -0.4 is 0 Å². The van der Waals surface area contributed by atoms with Crippen molar-refractivity contribution in [3.8, 4) is 0 Å². The molecule has 0 aromatic heterocycles. The van der Waals surface area contributed by atoms with Crippen LogP contribution in [0.3, 0.4) is 0 Å². The van der Waals surface area contributed by atoms with Crippen molar-refractivity contribution in [2.24, 2.45) is 62.1 Å². The number of carbonyl (C=O) groups excluding carboxylic acids is 2. The molecule has 10 atom stereocenters. The topological polar surface area (TPSA) is 83.9 Å². The second-order valence-electron chi connectivity index (χ2n) is 18.6. The molecule has 8 rings (SSSR count). The number of carboxylic acid groups (broad SMARTS) is 1. The van der Waals surface area contributed by atoms with Crippen LogP contribution in [0.2, 0.25) is 0 Å². The third-order valence-electron chi connectivity index (χ3n) is 16.3. The zero-order valence-corrected chi connectivity index (χ0v) is 28.5. The van der Waals surface area contributed by atoms with Crippen molar-refractivity contribution < 1.29 is 24.2 Å². The lowest BCUT2D eigenvalue weighted by molar-refractivity contribution is -0.203. The zero-order chi connectivity index (χ0) is 31.7. The van der Waals surface area contributed by atoms with E-state index >= 15 is 0 Å². The third kappa shape index (κ3) is 4.03. The highest BCUT2D eigenvalue weighted by Gasteiger charge is 2.70. The van der Waals surface area contributed by atoms with Crippen LogP contribution in [0.1, 0.15) is 119 Å². The van der Waals surface area contributed by atoms with E-state index in [1.165, 1.54) is 5.57 Å². The number of esters is 1. The first-order chi connectivity index (χ1) is 20.5. The number of piperidine rings is 3. The first kappa shape index (κ1) is 30.9. The Morgan fingerprint density at radius 3 is 2.20 bits per heavy atom. The summed E-state index contributed by atoms with van der Waals surface area (Å²) in [6.07, 6.45) is 12.4. The number of fused-ring (bicyclic) bond motifs is 10. The standard InChI is InChI=1S/C38H57NO5/c1-33(2)24(31(41)44-28-22-39-18-10-23(28)11-19-39)8-12-36(5)29(33)9-13-38(7)30(36)27(40)20-25-26-21-35(4,32(42)43)15-14-34(26,3)16-17-37(25,38)6/h20,23-24,26,28-30H,8-19,21-22H2,1-7H3,(H,42,43)/t24-,26+,28+,29+,30-,34-,35+,36+,37-,38-/m1/s1. The molecule has 6 heteroatoms. The lowest BCUT2D eigenvalue weighted by atomic mass is 9.33. The van der Waals surface area contributed by atoms with Gasteiger partial charge >= 0.3 is 11.9 Å². The molecule has 5 aliphatic carbocycles. The molecule has 244 valence electrons. The molecule has 4 saturated carbocycles. The predicted molar refractivity (Wildman–Crippen MR) is 170 cm³/mol. The largest absolute Gasteiger partial charge is 0.481 e. The molecule has 0 amide bonds. The van der Waals surface area contributed by atoms with Crippen molar-refractivity contribution in [1.29, 1.82) is 0 Å². The van der Waals surface area contributed by atoms with E-state index in [-0.39, 0.29) is 68.6 Å². The van der Waals surface area contributed by atoms with E-state index in [1.54, 1.807) is 0 Å². The fourth-order valence-electron chi connectivity index (χ4n) is 13.1. The summed E-state index contributed by atoms with van der Waals surface area (Å²) in [4.78, 5) is 43.4. The molecular weight excluding hydrogens is 550 g/mol. The molecule has 0 spiro atoms. The molecule has 0 aromatic rings. The summed E-state index contributed by atoms with van der Waals surface area (Å²) in [7, 11) is 0. The summed E-state index contributed by atoms with van der Waals surface area (Å²) in [6.45, 7) is 19.2. The van der Waals surface area contributed by atoms with E-state index in [2.05, 4.69) is 46.4 Å². The maximum Gasteiger partial charge on any atom is 0.309 e. The van der Waals surface area contributed by atoms with Gasteiger partial charge in [-0.25, -0.2) is 0 Å². The lowest BCUT2D eigenvalue weighted by Gasteiger charge is -2.70. The molecule has 0 unspecified atom stereocenters. The van der Waals surface area contributed by atoms with Crippen molar-refractivity contribution in [1.82, 2.24) is 4.90 Å². The second-order valence-corrected chi connectivity index (χ2v) is 18.6. The van der Waals surface area contributed by atoms with E-state index in [9.17, 15) is 19.5 Å². The van der Waals surface area contributed by atoms with Crippen LogP contribution in [0, 0.1) is 62.1 Å². The minimum absolute atomic E-state index is 0.00130. The Morgan fingerprint density at radius 2 is 1.57 bits per heavy atom. The van der Waals surface area contributed by atoms with Gasteiger partial charge in [0.05, 0.1) is 11.3 Å². The van der Waals surface area contributed by atoms with Gasteiger partial charge < -0.3 is 9.84 Å². The molecule has 0 radical (unpaired) electrons. The van der Waals surface area contributed by atoms with Crippen LogP contribution in [0.25, 0.3) is 0 Å². The number of nitrogens with zero attached hydrogens (tertiary/aromatic N) is 1. The van der Waals surface area contributed by atoms with Crippen LogP contribution >= 0.6 is 0 Å². The van der Waals surface area contributed by atoms with E-state index in [0.717, 1.165) is 77.4 Å². The molecule has 3 saturated heterocycles. The van der Waals surface area contributed by atoms with E-state index in [1.807, 2.05) is 13.0 Å². The Labute approximate surface area is 265 Å². The highest BCUT2D eigenvalue weighted by atomic mass is 16.5. The molecule has 8 aliphatic rings. The highest BCUT2D eigenvalue weighted by molar-refractivity contribution is 5.95. The fraction of sp³-hybridized carbons (Fsp3) is 0.868. The summed E-state index contributed by atoms with van der Waals surface area (Å²) in [5.74, 6) is 0.266. The molecule has 6 nitrogen and oxygen atoms in total. The van der Waals surface area contributed by atoms with Gasteiger partial charge in [0.1, 0.15) is 6.10 Å². The molecule has 44 heavy (non-hydrogen) atoms. The molecule has 0 aromatic carbocycles. The minimum Gasteiger partial charge on any atom is -0.481 e. The average Bonchev–Trinajstić information content (AvgIpc) is 2.95. The Bertz CT molecular complexity index is 1300. The van der Waals surface area contributed by atoms with Crippen LogP contribution in [0.15, 0.2) is 11.6 Å². The number of ether oxygens (including phenoxy) is 1. The monoisotopic (exact) mass is 607 g/mol. The first-order valence-electron chi connectivity index (χ1n) is 17.9. The molecule has 3 heterocycles. The van der Waals surface area contributed by atoms with Gasteiger partial charge in [0.15, 0.2) is 5.78 Å². The van der Waals surface area contributed by atoms with Crippen LogP contribution in [-0.2, 0) is 19.1 Å². The molecule has 2 bridgehead atoms. The van der Waals surface area contributed by atoms with Gasteiger partial charge in [0.25, 0.3) is 0 Å². The fourth-order valence-corrected chi connectivity index (χ4v) is 13.1. The number of rotatable bonds is 3. The molecule has 3 aliphatic heterocycles. The number of aliphatic carboxylic acids is 1. The SMILES string of the molecule is CC1(C)[C@@H](C(=O)O[C@H]2CN3CCC2CC3)CC[C@]2(C)[C@H]3C(=O)C=C4[C@@H]5C[C@@](C)(C(=O)O)CC[C@]5(C)CC[C@@]4(C)[C@]3(C)CC[C@@H]12. The summed E-state index contributed by atoms with van der Waals surface area (Å²) < 4.78 is 6.34. The second kappa shape index (κ2) is 9.67. The highest BCUT2D eigenvalue weighted by Crippen LogP contribution is 2.75. The number of allylic oxidation sites excluding steroid dienone is 2. The smallest absolute Gasteiger partial charge is 0.309 e. The maximum absolute atomic E-state index is 14.6. The van der Waals surface area contributed by atoms with Gasteiger partial charge in [-0.15, -0.1) is 0 Å². The van der Waals surface area contributed by atoms with Gasteiger partial charge in [-0.05, 0) is 142 Å². The van der Waals surface area contributed by atoms with E-state index < -0.39 is 11.4 Å². The van der Waals surface area contributed by atoms with Crippen molar-refractivity contribution >= 4 is 17.7 Å². The average molecular weight is 608 g/mol. The summed E-state index contributed by atoms with van der Waals surface area (Å²) >= 11 is 0. The third-order valence-corrected chi connectivity index (χ3v) is 16.3. The van der Waals surface area contributed by atoms with Gasteiger partial charge in [-0.1, -0.05) is 47.1 Å². The number of ketones is 1. The normalized spacial score (nSPS) is 52.5. The van der Waals surface area contributed by atoms with E-state index in [0.29, 0.717) is 18.8 Å². The van der Waals surface area contributed by atoms with Crippen LogP contribution in [0.5, 0.6) is 0 Å². The summed E-state index contributed by atoms with van der Waals surface area (Å²) in [5, 5.41) is 10.2. The van der Waals surface area contributed by atoms with Crippen molar-refractivity contribution in [3.05, 3.63) is 11.6 Å².